The molecule has 2 aromatic heterocycles. The number of hydrogen-bond donors (Lipinski definition) is 1. The van der Waals surface area contributed by atoms with Crippen LogP contribution >= 0.6 is 11.6 Å². The van der Waals surface area contributed by atoms with Crippen LogP contribution in [-0.2, 0) is 4.79 Å². The standard InChI is InChI=1S/C13H11ClN2O2/c1-8(7-15)10-6-9-4-2-3-5-16(9)11(10)12(17)13(14)18/h2-7H,15H2,1H3/b8-7+. The Hall–Kier alpha value is -2.07. The summed E-state index contributed by atoms with van der Waals surface area (Å²) in [5.41, 5.74) is 7.83. The van der Waals surface area contributed by atoms with Crippen LogP contribution < -0.4 is 5.73 Å². The summed E-state index contributed by atoms with van der Waals surface area (Å²) in [5.74, 6) is -0.737. The number of aromatic nitrogens is 1. The fourth-order valence-electron chi connectivity index (χ4n) is 1.84. The van der Waals surface area contributed by atoms with Crippen LogP contribution in [0, 0.1) is 0 Å². The quantitative estimate of drug-likeness (QED) is 0.524. The second kappa shape index (κ2) is 4.66. The van der Waals surface area contributed by atoms with Crippen molar-refractivity contribution in [1.29, 1.82) is 0 Å². The molecular weight excluding hydrogens is 252 g/mol. The molecule has 2 heterocycles. The van der Waals surface area contributed by atoms with Crippen molar-refractivity contribution in [2.45, 2.75) is 6.92 Å². The highest BCUT2D eigenvalue weighted by molar-refractivity contribution is 6.83. The Morgan fingerprint density at radius 1 is 1.39 bits per heavy atom. The average molecular weight is 263 g/mol. The van der Waals surface area contributed by atoms with E-state index in [1.807, 2.05) is 12.1 Å². The summed E-state index contributed by atoms with van der Waals surface area (Å²) in [6.45, 7) is 1.77. The predicted octanol–water partition coefficient (Wildman–Crippen LogP) is 2.21. The van der Waals surface area contributed by atoms with Crippen molar-refractivity contribution in [1.82, 2.24) is 4.40 Å². The van der Waals surface area contributed by atoms with E-state index in [-0.39, 0.29) is 5.69 Å². The van der Waals surface area contributed by atoms with E-state index in [4.69, 9.17) is 17.3 Å². The zero-order valence-electron chi connectivity index (χ0n) is 9.68. The first-order valence-electron chi connectivity index (χ1n) is 5.29. The second-order valence-corrected chi connectivity index (χ2v) is 4.20. The Morgan fingerprint density at radius 3 is 2.72 bits per heavy atom. The molecule has 0 aliphatic carbocycles. The van der Waals surface area contributed by atoms with E-state index < -0.39 is 11.0 Å². The molecule has 0 fully saturated rings. The summed E-state index contributed by atoms with van der Waals surface area (Å²) in [7, 11) is 0. The van der Waals surface area contributed by atoms with E-state index in [0.717, 1.165) is 5.52 Å². The van der Waals surface area contributed by atoms with Gasteiger partial charge < -0.3 is 10.1 Å². The maximum atomic E-state index is 11.9. The Bertz CT molecular complexity index is 671. The minimum Gasteiger partial charge on any atom is -0.404 e. The first-order chi connectivity index (χ1) is 8.56. The van der Waals surface area contributed by atoms with E-state index >= 15 is 0 Å². The number of rotatable bonds is 3. The zero-order valence-corrected chi connectivity index (χ0v) is 10.4. The Kier molecular flexibility index (Phi) is 3.21. The van der Waals surface area contributed by atoms with Crippen molar-refractivity contribution >= 4 is 33.7 Å². The third kappa shape index (κ3) is 1.91. The van der Waals surface area contributed by atoms with Gasteiger partial charge >= 0.3 is 0 Å². The Labute approximate surface area is 109 Å². The van der Waals surface area contributed by atoms with Crippen molar-refractivity contribution < 1.29 is 9.59 Å². The minimum atomic E-state index is -1.01. The third-order valence-electron chi connectivity index (χ3n) is 2.75. The summed E-state index contributed by atoms with van der Waals surface area (Å²) >= 11 is 5.29. The molecule has 0 aromatic carbocycles. The van der Waals surface area contributed by atoms with Crippen LogP contribution in [0.5, 0.6) is 0 Å². The van der Waals surface area contributed by atoms with Crippen LogP contribution in [0.2, 0.25) is 0 Å². The van der Waals surface area contributed by atoms with Crippen LogP contribution in [-0.4, -0.2) is 15.4 Å². The van der Waals surface area contributed by atoms with Crippen molar-refractivity contribution in [3.8, 4) is 0 Å². The van der Waals surface area contributed by atoms with Crippen molar-refractivity contribution in [3.05, 3.63) is 47.9 Å². The number of allylic oxidation sites excluding steroid dienone is 1. The van der Waals surface area contributed by atoms with Crippen LogP contribution in [0.15, 0.2) is 36.7 Å². The summed E-state index contributed by atoms with van der Waals surface area (Å²) < 4.78 is 1.63. The number of pyridine rings is 1. The molecule has 2 aromatic rings. The van der Waals surface area contributed by atoms with Gasteiger partial charge in [0.2, 0.25) is 0 Å². The van der Waals surface area contributed by atoms with Crippen LogP contribution in [0.25, 0.3) is 11.1 Å². The lowest BCUT2D eigenvalue weighted by atomic mass is 10.1. The lowest BCUT2D eigenvalue weighted by Gasteiger charge is -2.03. The maximum absolute atomic E-state index is 11.9. The molecule has 0 atom stereocenters. The molecule has 0 aliphatic rings. The van der Waals surface area contributed by atoms with Gasteiger partial charge in [0.05, 0.1) is 0 Å². The molecule has 0 spiro atoms. The number of ketones is 1. The van der Waals surface area contributed by atoms with Gasteiger partial charge in [-0.15, -0.1) is 0 Å². The number of Topliss-reactive ketones (excluding diaryl/α,β-unsaturated/α-hetero) is 1. The average Bonchev–Trinajstić information content (AvgIpc) is 2.75. The van der Waals surface area contributed by atoms with Gasteiger partial charge in [0, 0.05) is 17.3 Å². The molecule has 0 amide bonds. The van der Waals surface area contributed by atoms with Crippen LogP contribution in [0.4, 0.5) is 0 Å². The first-order valence-corrected chi connectivity index (χ1v) is 5.67. The number of hydrogen-bond acceptors (Lipinski definition) is 3. The highest BCUT2D eigenvalue weighted by atomic mass is 35.5. The van der Waals surface area contributed by atoms with Gasteiger partial charge in [-0.2, -0.15) is 0 Å². The molecule has 92 valence electrons. The van der Waals surface area contributed by atoms with Gasteiger partial charge in [-0.25, -0.2) is 0 Å². The van der Waals surface area contributed by atoms with Crippen LogP contribution in [0.3, 0.4) is 0 Å². The zero-order chi connectivity index (χ0) is 13.3. The fourth-order valence-corrected chi connectivity index (χ4v) is 1.93. The molecular formula is C13H11ClN2O2. The fraction of sp³-hybridized carbons (Fsp3) is 0.0769. The molecule has 0 aliphatic heterocycles. The monoisotopic (exact) mass is 262 g/mol. The Morgan fingerprint density at radius 2 is 2.11 bits per heavy atom. The molecule has 0 radical (unpaired) electrons. The summed E-state index contributed by atoms with van der Waals surface area (Å²) in [6.07, 6.45) is 3.10. The summed E-state index contributed by atoms with van der Waals surface area (Å²) in [6, 6.07) is 7.25. The highest BCUT2D eigenvalue weighted by Crippen LogP contribution is 2.24. The van der Waals surface area contributed by atoms with Crippen molar-refractivity contribution in [2.75, 3.05) is 0 Å². The minimum absolute atomic E-state index is 0.241. The molecule has 0 saturated carbocycles. The van der Waals surface area contributed by atoms with Gasteiger partial charge in [-0.3, -0.25) is 9.59 Å². The van der Waals surface area contributed by atoms with E-state index in [2.05, 4.69) is 0 Å². The van der Waals surface area contributed by atoms with Gasteiger partial charge in [0.1, 0.15) is 5.69 Å². The topological polar surface area (TPSA) is 64.6 Å². The number of nitrogens with two attached hydrogens (primary N) is 1. The Balaban J connectivity index is 2.81. The lowest BCUT2D eigenvalue weighted by Crippen LogP contribution is -2.12. The highest BCUT2D eigenvalue weighted by Gasteiger charge is 2.22. The number of halogens is 1. The van der Waals surface area contributed by atoms with E-state index in [1.54, 1.807) is 29.7 Å². The first kappa shape index (κ1) is 12.4. The number of fused-ring (bicyclic) bond motifs is 1. The SMILES string of the molecule is C/C(=C\N)c1cc2ccccn2c1C(=O)C(=O)Cl. The van der Waals surface area contributed by atoms with E-state index in [9.17, 15) is 9.59 Å². The lowest BCUT2D eigenvalue weighted by molar-refractivity contribution is -0.108. The van der Waals surface area contributed by atoms with E-state index in [1.165, 1.54) is 6.20 Å². The van der Waals surface area contributed by atoms with E-state index in [0.29, 0.717) is 11.1 Å². The summed E-state index contributed by atoms with van der Waals surface area (Å²) in [4.78, 5) is 23.0. The largest absolute Gasteiger partial charge is 0.404 e. The maximum Gasteiger partial charge on any atom is 0.294 e. The van der Waals surface area contributed by atoms with Crippen LogP contribution in [0.1, 0.15) is 23.0 Å². The number of carbonyl (C=O) groups excluding carboxylic acids is 2. The van der Waals surface area contributed by atoms with Gasteiger partial charge in [-0.05, 0) is 48.5 Å². The molecule has 2 rings (SSSR count). The second-order valence-electron chi connectivity index (χ2n) is 3.85. The normalized spacial score (nSPS) is 11.8. The molecule has 4 nitrogen and oxygen atoms in total. The van der Waals surface area contributed by atoms with Crippen molar-refractivity contribution in [2.24, 2.45) is 5.73 Å². The molecule has 18 heavy (non-hydrogen) atoms. The molecule has 0 unspecified atom stereocenters. The van der Waals surface area contributed by atoms with Gasteiger partial charge in [-0.1, -0.05) is 6.07 Å². The smallest absolute Gasteiger partial charge is 0.294 e. The van der Waals surface area contributed by atoms with Gasteiger partial charge in [0.15, 0.2) is 0 Å². The van der Waals surface area contributed by atoms with Gasteiger partial charge in [0.25, 0.3) is 11.0 Å². The third-order valence-corrected chi connectivity index (χ3v) is 2.92. The molecule has 0 bridgehead atoms. The summed E-state index contributed by atoms with van der Waals surface area (Å²) in [5, 5.41) is -1.01. The molecule has 0 saturated heterocycles. The molecule has 2 N–H and O–H groups in total. The number of carbonyl (C=O) groups is 2. The van der Waals surface area contributed by atoms with Crippen molar-refractivity contribution in [3.63, 3.8) is 0 Å². The number of nitrogens with zero attached hydrogens (tertiary/aromatic N) is 1. The molecule has 5 heteroatoms. The predicted molar refractivity (Wildman–Crippen MR) is 70.4 cm³/mol.